The highest BCUT2D eigenvalue weighted by atomic mass is 16.7. The van der Waals surface area contributed by atoms with Gasteiger partial charge in [-0.1, -0.05) is 26.8 Å². The van der Waals surface area contributed by atoms with Crippen molar-refractivity contribution >= 4 is 5.91 Å². The van der Waals surface area contributed by atoms with Crippen LogP contribution in [0.5, 0.6) is 11.5 Å². The van der Waals surface area contributed by atoms with Gasteiger partial charge in [-0.3, -0.25) is 4.79 Å². The molecule has 1 aromatic carbocycles. The molecule has 1 aliphatic heterocycles. The Balaban J connectivity index is 1.80. The van der Waals surface area contributed by atoms with Gasteiger partial charge in [-0.05, 0) is 29.5 Å². The SMILES string of the molecule is CC(C)(C)CC(=O)NCCC(O)c1ccc2c(c1)OCO2. The highest BCUT2D eigenvalue weighted by molar-refractivity contribution is 5.76. The summed E-state index contributed by atoms with van der Waals surface area (Å²) in [6.07, 6.45) is 0.317. The van der Waals surface area contributed by atoms with Gasteiger partial charge < -0.3 is 19.9 Å². The van der Waals surface area contributed by atoms with E-state index in [-0.39, 0.29) is 18.1 Å². The van der Waals surface area contributed by atoms with E-state index in [1.165, 1.54) is 0 Å². The summed E-state index contributed by atoms with van der Waals surface area (Å²) >= 11 is 0. The molecule has 2 rings (SSSR count). The zero-order chi connectivity index (χ0) is 15.5. The fraction of sp³-hybridized carbons (Fsp3) is 0.562. The molecule has 5 heteroatoms. The first kappa shape index (κ1) is 15.6. The number of amides is 1. The van der Waals surface area contributed by atoms with Crippen molar-refractivity contribution in [2.24, 2.45) is 5.41 Å². The van der Waals surface area contributed by atoms with Gasteiger partial charge in [0.1, 0.15) is 0 Å². The molecule has 1 aliphatic rings. The first-order valence-corrected chi connectivity index (χ1v) is 7.19. The molecule has 1 heterocycles. The van der Waals surface area contributed by atoms with E-state index in [1.807, 2.05) is 26.8 Å². The quantitative estimate of drug-likeness (QED) is 0.874. The molecule has 0 aromatic heterocycles. The van der Waals surface area contributed by atoms with E-state index in [2.05, 4.69) is 5.32 Å². The van der Waals surface area contributed by atoms with E-state index in [9.17, 15) is 9.90 Å². The van der Waals surface area contributed by atoms with Crippen LogP contribution < -0.4 is 14.8 Å². The van der Waals surface area contributed by atoms with E-state index in [0.717, 1.165) is 5.56 Å². The van der Waals surface area contributed by atoms with Crippen LogP contribution in [-0.2, 0) is 4.79 Å². The lowest BCUT2D eigenvalue weighted by molar-refractivity contribution is -0.122. The Kier molecular flexibility index (Phi) is 4.73. The van der Waals surface area contributed by atoms with Crippen LogP contribution in [0.2, 0.25) is 0 Å². The fourth-order valence-corrected chi connectivity index (χ4v) is 2.18. The number of nitrogens with one attached hydrogen (secondary N) is 1. The third kappa shape index (κ3) is 4.63. The average molecular weight is 293 g/mol. The van der Waals surface area contributed by atoms with E-state index in [0.29, 0.717) is 30.9 Å². The molecule has 0 radical (unpaired) electrons. The molecular weight excluding hydrogens is 270 g/mol. The van der Waals surface area contributed by atoms with Gasteiger partial charge in [0.25, 0.3) is 0 Å². The second kappa shape index (κ2) is 6.35. The fourth-order valence-electron chi connectivity index (χ4n) is 2.18. The van der Waals surface area contributed by atoms with Gasteiger partial charge in [0.15, 0.2) is 11.5 Å². The van der Waals surface area contributed by atoms with Gasteiger partial charge >= 0.3 is 0 Å². The first-order valence-electron chi connectivity index (χ1n) is 7.19. The monoisotopic (exact) mass is 293 g/mol. The van der Waals surface area contributed by atoms with Crippen molar-refractivity contribution < 1.29 is 19.4 Å². The highest BCUT2D eigenvalue weighted by Crippen LogP contribution is 2.34. The molecule has 0 bridgehead atoms. The summed E-state index contributed by atoms with van der Waals surface area (Å²) in [6.45, 7) is 6.73. The summed E-state index contributed by atoms with van der Waals surface area (Å²) in [5, 5.41) is 13.0. The smallest absolute Gasteiger partial charge is 0.231 e. The number of hydrogen-bond acceptors (Lipinski definition) is 4. The van der Waals surface area contributed by atoms with Crippen LogP contribution in [0.4, 0.5) is 0 Å². The topological polar surface area (TPSA) is 67.8 Å². The number of fused-ring (bicyclic) bond motifs is 1. The van der Waals surface area contributed by atoms with Crippen molar-refractivity contribution in [2.75, 3.05) is 13.3 Å². The molecule has 0 fully saturated rings. The van der Waals surface area contributed by atoms with Crippen LogP contribution in [0.3, 0.4) is 0 Å². The predicted octanol–water partition coefficient (Wildman–Crippen LogP) is 2.39. The average Bonchev–Trinajstić information content (AvgIpc) is 2.83. The Morgan fingerprint density at radius 2 is 2.05 bits per heavy atom. The standard InChI is InChI=1S/C16H23NO4/c1-16(2,3)9-15(19)17-7-6-12(18)11-4-5-13-14(8-11)21-10-20-13/h4-5,8,12,18H,6-7,9-10H2,1-3H3,(H,17,19). The van der Waals surface area contributed by atoms with Crippen LogP contribution in [0.15, 0.2) is 18.2 Å². The minimum atomic E-state index is -0.630. The molecule has 0 saturated heterocycles. The van der Waals surface area contributed by atoms with Crippen LogP contribution in [-0.4, -0.2) is 24.4 Å². The molecule has 1 amide bonds. The maximum absolute atomic E-state index is 11.7. The number of benzene rings is 1. The summed E-state index contributed by atoms with van der Waals surface area (Å²) in [7, 11) is 0. The number of aliphatic hydroxyl groups is 1. The summed E-state index contributed by atoms with van der Waals surface area (Å²) in [6, 6.07) is 5.39. The van der Waals surface area contributed by atoms with Crippen LogP contribution in [0, 0.1) is 5.41 Å². The number of ether oxygens (including phenoxy) is 2. The molecule has 116 valence electrons. The minimum Gasteiger partial charge on any atom is -0.454 e. The van der Waals surface area contributed by atoms with E-state index < -0.39 is 6.10 Å². The van der Waals surface area contributed by atoms with Crippen molar-refractivity contribution in [3.8, 4) is 11.5 Å². The van der Waals surface area contributed by atoms with Crippen molar-refractivity contribution in [3.63, 3.8) is 0 Å². The number of carbonyl (C=O) groups excluding carboxylic acids is 1. The lowest BCUT2D eigenvalue weighted by Crippen LogP contribution is -2.29. The highest BCUT2D eigenvalue weighted by Gasteiger charge is 2.18. The molecule has 21 heavy (non-hydrogen) atoms. The Morgan fingerprint density at radius 1 is 1.33 bits per heavy atom. The summed E-state index contributed by atoms with van der Waals surface area (Å²) in [4.78, 5) is 11.7. The van der Waals surface area contributed by atoms with Crippen LogP contribution in [0.1, 0.15) is 45.3 Å². The third-order valence-electron chi connectivity index (χ3n) is 3.21. The maximum Gasteiger partial charge on any atom is 0.231 e. The normalized spacial score (nSPS) is 14.9. The Bertz CT molecular complexity index is 507. The second-order valence-electron chi connectivity index (χ2n) is 6.50. The minimum absolute atomic E-state index is 0.0142. The molecule has 1 aromatic rings. The number of hydrogen-bond donors (Lipinski definition) is 2. The summed E-state index contributed by atoms with van der Waals surface area (Å²) in [5.41, 5.74) is 0.740. The summed E-state index contributed by atoms with van der Waals surface area (Å²) < 4.78 is 10.5. The number of rotatable bonds is 5. The Morgan fingerprint density at radius 3 is 2.76 bits per heavy atom. The van der Waals surface area contributed by atoms with Crippen molar-refractivity contribution in [1.29, 1.82) is 0 Å². The van der Waals surface area contributed by atoms with Crippen molar-refractivity contribution in [1.82, 2.24) is 5.32 Å². The molecule has 0 spiro atoms. The van der Waals surface area contributed by atoms with Crippen molar-refractivity contribution in [2.45, 2.75) is 39.7 Å². The lowest BCUT2D eigenvalue weighted by Gasteiger charge is -2.18. The largest absolute Gasteiger partial charge is 0.454 e. The van der Waals surface area contributed by atoms with Gasteiger partial charge in [-0.25, -0.2) is 0 Å². The zero-order valence-corrected chi connectivity index (χ0v) is 12.8. The molecule has 0 aliphatic carbocycles. The predicted molar refractivity (Wildman–Crippen MR) is 79.2 cm³/mol. The van der Waals surface area contributed by atoms with Gasteiger partial charge in [0, 0.05) is 13.0 Å². The van der Waals surface area contributed by atoms with Gasteiger partial charge in [-0.15, -0.1) is 0 Å². The molecule has 1 atom stereocenters. The van der Waals surface area contributed by atoms with Crippen LogP contribution in [0.25, 0.3) is 0 Å². The molecular formula is C16H23NO4. The van der Waals surface area contributed by atoms with E-state index in [1.54, 1.807) is 12.1 Å². The van der Waals surface area contributed by atoms with Gasteiger partial charge in [0.2, 0.25) is 12.7 Å². The van der Waals surface area contributed by atoms with Gasteiger partial charge in [0.05, 0.1) is 6.10 Å². The second-order valence-corrected chi connectivity index (χ2v) is 6.50. The molecule has 2 N–H and O–H groups in total. The third-order valence-corrected chi connectivity index (χ3v) is 3.21. The zero-order valence-electron chi connectivity index (χ0n) is 12.8. The van der Waals surface area contributed by atoms with Crippen LogP contribution >= 0.6 is 0 Å². The van der Waals surface area contributed by atoms with E-state index in [4.69, 9.17) is 9.47 Å². The van der Waals surface area contributed by atoms with Crippen molar-refractivity contribution in [3.05, 3.63) is 23.8 Å². The first-order chi connectivity index (χ1) is 9.85. The Hall–Kier alpha value is -1.75. The van der Waals surface area contributed by atoms with Gasteiger partial charge in [-0.2, -0.15) is 0 Å². The molecule has 1 unspecified atom stereocenters. The number of aliphatic hydroxyl groups excluding tert-OH is 1. The maximum atomic E-state index is 11.7. The molecule has 5 nitrogen and oxygen atoms in total. The summed E-state index contributed by atoms with van der Waals surface area (Å²) in [5.74, 6) is 1.37. The lowest BCUT2D eigenvalue weighted by atomic mass is 9.92. The molecule has 0 saturated carbocycles. The van der Waals surface area contributed by atoms with E-state index >= 15 is 0 Å². The Labute approximate surface area is 125 Å². The number of carbonyl (C=O) groups is 1.